The van der Waals surface area contributed by atoms with Crippen molar-refractivity contribution < 1.29 is 14.3 Å². The molecule has 2 fully saturated rings. The van der Waals surface area contributed by atoms with Gasteiger partial charge in [0.1, 0.15) is 5.75 Å². The minimum absolute atomic E-state index is 0.194. The number of aryl methyl sites for hydroxylation is 3. The minimum Gasteiger partial charge on any atom is -0.437 e. The molecule has 2 saturated heterocycles. The van der Waals surface area contributed by atoms with Crippen LogP contribution in [-0.2, 0) is 16.0 Å². The third kappa shape index (κ3) is 5.59. The van der Waals surface area contributed by atoms with Crippen molar-refractivity contribution in [3.8, 4) is 17.7 Å². The first-order valence-electron chi connectivity index (χ1n) is 12.6. The fourth-order valence-corrected chi connectivity index (χ4v) is 5.99. The van der Waals surface area contributed by atoms with Crippen LogP contribution in [0.2, 0.25) is 0 Å². The lowest BCUT2D eigenvalue weighted by Gasteiger charge is -2.34. The number of carbonyl (C=O) groups excluding carboxylic acids is 1. The van der Waals surface area contributed by atoms with E-state index in [2.05, 4.69) is 16.3 Å². The van der Waals surface area contributed by atoms with Gasteiger partial charge in [0, 0.05) is 44.4 Å². The number of morpholine rings is 1. The lowest BCUT2D eigenvalue weighted by Crippen LogP contribution is -2.48. The average Bonchev–Trinajstić information content (AvgIpc) is 3.36. The molecule has 0 bridgehead atoms. The largest absolute Gasteiger partial charge is 0.437 e. The van der Waals surface area contributed by atoms with Crippen LogP contribution >= 0.6 is 11.8 Å². The molecule has 0 saturated carbocycles. The number of nitrogens with zero attached hydrogens (tertiary/aromatic N) is 5. The molecule has 3 aliphatic rings. The summed E-state index contributed by atoms with van der Waals surface area (Å²) in [4.78, 5) is 27.3. The van der Waals surface area contributed by atoms with Gasteiger partial charge in [0.25, 0.3) is 0 Å². The number of carbonyl (C=O) groups is 1. The highest BCUT2D eigenvalue weighted by Gasteiger charge is 2.27. The Kier molecular flexibility index (Phi) is 7.60. The number of aromatic nitrogens is 2. The molecule has 1 aromatic carbocycles. The standard InChI is InChI=1S/C26H32N6O3S/c1-17-13-19(15-27)14-18(2)23(17)35-25-24-21(5-12-36-24)29-26(30-25)28-20-3-6-31(7-4-20)16-22(33)32-8-10-34-11-9-32/h13-14,20H,3-12,16H2,1-2H3,(H,28,29,30). The normalized spacial score (nSPS) is 18.5. The lowest BCUT2D eigenvalue weighted by molar-refractivity contribution is -0.136. The van der Waals surface area contributed by atoms with E-state index in [9.17, 15) is 10.1 Å². The smallest absolute Gasteiger partial charge is 0.238 e. The summed E-state index contributed by atoms with van der Waals surface area (Å²) in [6.45, 7) is 8.75. The van der Waals surface area contributed by atoms with E-state index in [1.165, 1.54) is 0 Å². The first-order chi connectivity index (χ1) is 17.5. The van der Waals surface area contributed by atoms with E-state index in [4.69, 9.17) is 19.4 Å². The Morgan fingerprint density at radius 3 is 2.61 bits per heavy atom. The molecule has 0 spiro atoms. The minimum atomic E-state index is 0.194. The van der Waals surface area contributed by atoms with Crippen molar-refractivity contribution in [3.63, 3.8) is 0 Å². The Bertz CT molecular complexity index is 1150. The molecular formula is C26H32N6O3S. The number of fused-ring (bicyclic) bond motifs is 1. The van der Waals surface area contributed by atoms with E-state index in [0.717, 1.165) is 65.6 Å². The van der Waals surface area contributed by atoms with Gasteiger partial charge >= 0.3 is 0 Å². The summed E-state index contributed by atoms with van der Waals surface area (Å²) in [5.41, 5.74) is 3.47. The number of benzene rings is 1. The van der Waals surface area contributed by atoms with Crippen LogP contribution in [0.15, 0.2) is 17.0 Å². The van der Waals surface area contributed by atoms with Gasteiger partial charge in [-0.1, -0.05) is 0 Å². The number of rotatable bonds is 6. The summed E-state index contributed by atoms with van der Waals surface area (Å²) in [5.74, 6) is 3.07. The number of likely N-dealkylation sites (tertiary alicyclic amines) is 1. The molecule has 36 heavy (non-hydrogen) atoms. The van der Waals surface area contributed by atoms with Gasteiger partial charge in [-0.3, -0.25) is 9.69 Å². The zero-order chi connectivity index (χ0) is 25.1. The molecule has 1 amide bonds. The van der Waals surface area contributed by atoms with E-state index in [1.807, 2.05) is 30.9 Å². The van der Waals surface area contributed by atoms with Gasteiger partial charge in [0.15, 0.2) is 0 Å². The van der Waals surface area contributed by atoms with Crippen molar-refractivity contribution in [1.29, 1.82) is 5.26 Å². The Morgan fingerprint density at radius 2 is 1.92 bits per heavy atom. The van der Waals surface area contributed by atoms with Crippen LogP contribution in [0.25, 0.3) is 0 Å². The zero-order valence-corrected chi connectivity index (χ0v) is 21.7. The van der Waals surface area contributed by atoms with Crippen LogP contribution in [-0.4, -0.2) is 83.4 Å². The Balaban J connectivity index is 1.23. The Hall–Kier alpha value is -2.87. The number of hydrogen-bond donors (Lipinski definition) is 1. The maximum atomic E-state index is 12.6. The number of amides is 1. The summed E-state index contributed by atoms with van der Waals surface area (Å²) < 4.78 is 11.7. The molecule has 0 radical (unpaired) electrons. The highest BCUT2D eigenvalue weighted by atomic mass is 32.2. The first-order valence-corrected chi connectivity index (χ1v) is 13.6. The highest BCUT2D eigenvalue weighted by Crippen LogP contribution is 2.41. The summed E-state index contributed by atoms with van der Waals surface area (Å²) in [5, 5.41) is 12.8. The van der Waals surface area contributed by atoms with Crippen molar-refractivity contribution >= 4 is 23.6 Å². The monoisotopic (exact) mass is 508 g/mol. The average molecular weight is 509 g/mol. The number of hydrogen-bond acceptors (Lipinski definition) is 9. The van der Waals surface area contributed by atoms with Crippen molar-refractivity contribution in [3.05, 3.63) is 34.5 Å². The lowest BCUT2D eigenvalue weighted by atomic mass is 10.1. The summed E-state index contributed by atoms with van der Waals surface area (Å²) in [6, 6.07) is 6.13. The van der Waals surface area contributed by atoms with Crippen LogP contribution < -0.4 is 10.1 Å². The molecule has 0 atom stereocenters. The molecular weight excluding hydrogens is 476 g/mol. The van der Waals surface area contributed by atoms with Gasteiger partial charge < -0.3 is 19.7 Å². The summed E-state index contributed by atoms with van der Waals surface area (Å²) in [6.07, 6.45) is 2.74. The fraction of sp³-hybridized carbons (Fsp3) is 0.538. The van der Waals surface area contributed by atoms with E-state index in [0.29, 0.717) is 50.2 Å². The van der Waals surface area contributed by atoms with Crippen LogP contribution in [0.5, 0.6) is 11.6 Å². The van der Waals surface area contributed by atoms with E-state index < -0.39 is 0 Å². The number of nitrogens with one attached hydrogen (secondary N) is 1. The summed E-state index contributed by atoms with van der Waals surface area (Å²) in [7, 11) is 0. The molecule has 4 heterocycles. The van der Waals surface area contributed by atoms with Gasteiger partial charge in [0.2, 0.25) is 17.7 Å². The van der Waals surface area contributed by atoms with E-state index in [-0.39, 0.29) is 11.9 Å². The molecule has 5 rings (SSSR count). The second-order valence-electron chi connectivity index (χ2n) is 9.57. The molecule has 1 N–H and O–H groups in total. The van der Waals surface area contributed by atoms with Crippen LogP contribution in [0.3, 0.4) is 0 Å². The number of piperidine rings is 1. The van der Waals surface area contributed by atoms with E-state index in [1.54, 1.807) is 11.8 Å². The molecule has 190 valence electrons. The van der Waals surface area contributed by atoms with Crippen molar-refractivity contribution in [2.45, 2.75) is 44.0 Å². The van der Waals surface area contributed by atoms with Gasteiger partial charge in [-0.05, 0) is 49.9 Å². The second kappa shape index (κ2) is 11.0. The third-order valence-corrected chi connectivity index (χ3v) is 8.03. The third-order valence-electron chi connectivity index (χ3n) is 6.92. The second-order valence-corrected chi connectivity index (χ2v) is 10.7. The number of nitriles is 1. The number of thioether (sulfide) groups is 1. The summed E-state index contributed by atoms with van der Waals surface area (Å²) >= 11 is 1.72. The molecule has 3 aliphatic heterocycles. The van der Waals surface area contributed by atoms with Crippen molar-refractivity contribution in [1.82, 2.24) is 19.8 Å². The predicted molar refractivity (Wildman–Crippen MR) is 138 cm³/mol. The Morgan fingerprint density at radius 1 is 1.19 bits per heavy atom. The fourth-order valence-electron chi connectivity index (χ4n) is 4.97. The van der Waals surface area contributed by atoms with Gasteiger partial charge in [0.05, 0.1) is 42.0 Å². The maximum Gasteiger partial charge on any atom is 0.238 e. The van der Waals surface area contributed by atoms with Crippen LogP contribution in [0.1, 0.15) is 35.2 Å². The molecule has 0 unspecified atom stereocenters. The van der Waals surface area contributed by atoms with Gasteiger partial charge in [-0.15, -0.1) is 11.8 Å². The van der Waals surface area contributed by atoms with Crippen LogP contribution in [0, 0.1) is 25.2 Å². The van der Waals surface area contributed by atoms with Crippen molar-refractivity contribution in [2.24, 2.45) is 0 Å². The number of anilines is 1. The molecule has 0 aliphatic carbocycles. The molecule has 1 aromatic heterocycles. The van der Waals surface area contributed by atoms with Gasteiger partial charge in [-0.2, -0.15) is 10.2 Å². The topological polar surface area (TPSA) is 104 Å². The van der Waals surface area contributed by atoms with Gasteiger partial charge in [-0.25, -0.2) is 4.98 Å². The quantitative estimate of drug-likeness (QED) is 0.630. The molecule has 10 heteroatoms. The SMILES string of the molecule is Cc1cc(C#N)cc(C)c1Oc1nc(NC2CCN(CC(=O)N3CCOCC3)CC2)nc2c1SCC2. The molecule has 2 aromatic rings. The van der Waals surface area contributed by atoms with Crippen LogP contribution in [0.4, 0.5) is 5.95 Å². The predicted octanol–water partition coefficient (Wildman–Crippen LogP) is 3.14. The Labute approximate surface area is 216 Å². The zero-order valence-electron chi connectivity index (χ0n) is 20.9. The first kappa shape index (κ1) is 24.8. The highest BCUT2D eigenvalue weighted by molar-refractivity contribution is 7.99. The number of ether oxygens (including phenoxy) is 2. The molecule has 9 nitrogen and oxygen atoms in total. The van der Waals surface area contributed by atoms with Crippen molar-refractivity contribution in [2.75, 3.05) is 57.0 Å². The van der Waals surface area contributed by atoms with E-state index >= 15 is 0 Å². The maximum absolute atomic E-state index is 12.6.